The Morgan fingerprint density at radius 2 is 2.00 bits per heavy atom. The second-order valence-electron chi connectivity index (χ2n) is 3.71. The number of benzene rings is 1. The number of hydrogen-bond donors (Lipinski definition) is 2. The van der Waals surface area contributed by atoms with Crippen molar-refractivity contribution in [3.63, 3.8) is 0 Å². The van der Waals surface area contributed by atoms with Crippen LogP contribution in [0.5, 0.6) is 0 Å². The van der Waals surface area contributed by atoms with Crippen molar-refractivity contribution in [2.24, 2.45) is 5.73 Å². The molecule has 0 bridgehead atoms. The van der Waals surface area contributed by atoms with Crippen molar-refractivity contribution in [3.8, 4) is 0 Å². The minimum atomic E-state index is -0.00306. The van der Waals surface area contributed by atoms with Gasteiger partial charge in [-0.2, -0.15) is 0 Å². The van der Waals surface area contributed by atoms with Gasteiger partial charge in [-0.1, -0.05) is 29.5 Å². The Morgan fingerprint density at radius 3 is 2.71 bits per heavy atom. The summed E-state index contributed by atoms with van der Waals surface area (Å²) >= 11 is 1.64. The molecule has 17 heavy (non-hydrogen) atoms. The van der Waals surface area contributed by atoms with Crippen LogP contribution in [-0.4, -0.2) is 10.8 Å². The van der Waals surface area contributed by atoms with Gasteiger partial charge in [-0.05, 0) is 31.2 Å². The minimum absolute atomic E-state index is 0.00306. The molecule has 4 heteroatoms. The fraction of sp³-hybridized carbons (Fsp3) is 0.0769. The Morgan fingerprint density at radius 1 is 1.24 bits per heavy atom. The van der Waals surface area contributed by atoms with Crippen LogP contribution in [0, 0.1) is 12.3 Å². The van der Waals surface area contributed by atoms with Crippen molar-refractivity contribution in [3.05, 3.63) is 53.9 Å². The highest BCUT2D eigenvalue weighted by atomic mass is 32.2. The molecule has 3 N–H and O–H groups in total. The van der Waals surface area contributed by atoms with E-state index in [1.54, 1.807) is 18.0 Å². The van der Waals surface area contributed by atoms with Crippen molar-refractivity contribution < 1.29 is 0 Å². The fourth-order valence-electron chi connectivity index (χ4n) is 1.44. The molecule has 0 spiro atoms. The smallest absolute Gasteiger partial charge is 0.141 e. The van der Waals surface area contributed by atoms with E-state index in [-0.39, 0.29) is 5.84 Å². The first-order valence-corrected chi connectivity index (χ1v) is 6.02. The molecule has 0 amide bonds. The first kappa shape index (κ1) is 11.7. The summed E-state index contributed by atoms with van der Waals surface area (Å²) in [5, 5.41) is 7.35. The maximum Gasteiger partial charge on any atom is 0.141 e. The zero-order valence-electron chi connectivity index (χ0n) is 9.47. The van der Waals surface area contributed by atoms with E-state index in [9.17, 15) is 0 Å². The summed E-state index contributed by atoms with van der Waals surface area (Å²) in [4.78, 5) is 6.24. The second kappa shape index (κ2) is 5.01. The fourth-order valence-corrected chi connectivity index (χ4v) is 2.40. The van der Waals surface area contributed by atoms with Crippen molar-refractivity contribution in [1.29, 1.82) is 5.41 Å². The van der Waals surface area contributed by atoms with E-state index in [4.69, 9.17) is 11.1 Å². The lowest BCUT2D eigenvalue weighted by atomic mass is 10.2. The van der Waals surface area contributed by atoms with Gasteiger partial charge in [0.1, 0.15) is 11.5 Å². The Bertz CT molecular complexity index is 552. The predicted molar refractivity (Wildman–Crippen MR) is 70.6 cm³/mol. The van der Waals surface area contributed by atoms with Crippen LogP contribution >= 0.6 is 11.8 Å². The van der Waals surface area contributed by atoms with E-state index in [1.807, 2.05) is 18.2 Å². The van der Waals surface area contributed by atoms with Gasteiger partial charge in [0.05, 0.1) is 0 Å². The van der Waals surface area contributed by atoms with Gasteiger partial charge < -0.3 is 5.73 Å². The van der Waals surface area contributed by atoms with Gasteiger partial charge in [0, 0.05) is 16.0 Å². The molecule has 0 saturated heterocycles. The van der Waals surface area contributed by atoms with Crippen molar-refractivity contribution >= 4 is 17.6 Å². The number of nitrogens with zero attached hydrogens (tertiary/aromatic N) is 1. The minimum Gasteiger partial charge on any atom is -0.382 e. The lowest BCUT2D eigenvalue weighted by molar-refractivity contribution is 1.21. The molecular weight excluding hydrogens is 230 g/mol. The average Bonchev–Trinajstić information content (AvgIpc) is 2.29. The van der Waals surface area contributed by atoms with E-state index < -0.39 is 0 Å². The number of nitrogens with one attached hydrogen (secondary N) is 1. The third kappa shape index (κ3) is 3.07. The summed E-state index contributed by atoms with van der Waals surface area (Å²) in [6.45, 7) is 2.07. The van der Waals surface area contributed by atoms with Crippen LogP contribution in [-0.2, 0) is 0 Å². The SMILES string of the molecule is Cc1cccc(Sc2ccnc(C(=N)N)c2)c1. The van der Waals surface area contributed by atoms with Gasteiger partial charge in [-0.3, -0.25) is 10.4 Å². The van der Waals surface area contributed by atoms with E-state index in [0.717, 1.165) is 4.90 Å². The summed E-state index contributed by atoms with van der Waals surface area (Å²) < 4.78 is 0. The first-order chi connectivity index (χ1) is 8.15. The lowest BCUT2D eigenvalue weighted by Crippen LogP contribution is -2.12. The van der Waals surface area contributed by atoms with Crippen LogP contribution in [0.2, 0.25) is 0 Å². The standard InChI is InChI=1S/C13H13N3S/c1-9-3-2-4-10(7-9)17-11-5-6-16-12(8-11)13(14)15/h2-8H,1H3,(H3,14,15). The molecule has 1 heterocycles. The second-order valence-corrected chi connectivity index (χ2v) is 4.86. The lowest BCUT2D eigenvalue weighted by Gasteiger charge is -2.04. The Balaban J connectivity index is 2.24. The molecule has 2 aromatic rings. The molecule has 0 radical (unpaired) electrons. The maximum absolute atomic E-state index is 7.35. The summed E-state index contributed by atoms with van der Waals surface area (Å²) in [6, 6.07) is 12.0. The molecule has 2 rings (SSSR count). The molecule has 0 aliphatic carbocycles. The van der Waals surface area contributed by atoms with Gasteiger partial charge in [-0.25, -0.2) is 0 Å². The molecule has 0 aliphatic heterocycles. The Kier molecular flexibility index (Phi) is 3.44. The molecule has 3 nitrogen and oxygen atoms in total. The van der Waals surface area contributed by atoms with Crippen LogP contribution < -0.4 is 5.73 Å². The van der Waals surface area contributed by atoms with Gasteiger partial charge in [0.25, 0.3) is 0 Å². The van der Waals surface area contributed by atoms with E-state index >= 15 is 0 Å². The molecule has 1 aromatic heterocycles. The number of hydrogen-bond acceptors (Lipinski definition) is 3. The van der Waals surface area contributed by atoms with E-state index in [2.05, 4.69) is 30.1 Å². The molecule has 0 saturated carbocycles. The number of nitrogen functional groups attached to an aromatic ring is 1. The number of amidine groups is 1. The summed E-state index contributed by atoms with van der Waals surface area (Å²) in [7, 11) is 0. The number of pyridine rings is 1. The zero-order chi connectivity index (χ0) is 12.3. The Labute approximate surface area is 105 Å². The highest BCUT2D eigenvalue weighted by Gasteiger charge is 2.02. The normalized spacial score (nSPS) is 10.2. The van der Waals surface area contributed by atoms with Gasteiger partial charge in [0.15, 0.2) is 0 Å². The highest BCUT2D eigenvalue weighted by Crippen LogP contribution is 2.27. The van der Waals surface area contributed by atoms with Crippen LogP contribution in [0.25, 0.3) is 0 Å². The van der Waals surface area contributed by atoms with Crippen molar-refractivity contribution in [2.75, 3.05) is 0 Å². The largest absolute Gasteiger partial charge is 0.382 e. The predicted octanol–water partition coefficient (Wildman–Crippen LogP) is 2.83. The number of aromatic nitrogens is 1. The van der Waals surface area contributed by atoms with Crippen LogP contribution in [0.15, 0.2) is 52.4 Å². The molecule has 86 valence electrons. The average molecular weight is 243 g/mol. The number of rotatable bonds is 3. The topological polar surface area (TPSA) is 62.8 Å². The molecule has 0 fully saturated rings. The molecular formula is C13H13N3S. The highest BCUT2D eigenvalue weighted by molar-refractivity contribution is 7.99. The van der Waals surface area contributed by atoms with Gasteiger partial charge in [-0.15, -0.1) is 0 Å². The van der Waals surface area contributed by atoms with Crippen LogP contribution in [0.4, 0.5) is 0 Å². The summed E-state index contributed by atoms with van der Waals surface area (Å²) in [5.74, 6) is -0.00306. The van der Waals surface area contributed by atoms with E-state index in [0.29, 0.717) is 5.69 Å². The number of nitrogens with two attached hydrogens (primary N) is 1. The van der Waals surface area contributed by atoms with Crippen molar-refractivity contribution in [2.45, 2.75) is 16.7 Å². The van der Waals surface area contributed by atoms with Crippen molar-refractivity contribution in [1.82, 2.24) is 4.98 Å². The quantitative estimate of drug-likeness (QED) is 0.643. The zero-order valence-corrected chi connectivity index (χ0v) is 10.3. The van der Waals surface area contributed by atoms with E-state index in [1.165, 1.54) is 10.5 Å². The van der Waals surface area contributed by atoms with Gasteiger partial charge in [0.2, 0.25) is 0 Å². The Hall–Kier alpha value is -1.81. The molecule has 0 unspecified atom stereocenters. The molecule has 0 atom stereocenters. The molecule has 0 aliphatic rings. The first-order valence-electron chi connectivity index (χ1n) is 5.20. The van der Waals surface area contributed by atoms with Gasteiger partial charge >= 0.3 is 0 Å². The van der Waals surface area contributed by atoms with Crippen LogP contribution in [0.1, 0.15) is 11.3 Å². The summed E-state index contributed by atoms with van der Waals surface area (Å²) in [6.07, 6.45) is 1.68. The third-order valence-electron chi connectivity index (χ3n) is 2.23. The van der Waals surface area contributed by atoms with Crippen LogP contribution in [0.3, 0.4) is 0 Å². The third-order valence-corrected chi connectivity index (χ3v) is 3.21. The monoisotopic (exact) mass is 243 g/mol. The number of aryl methyl sites for hydroxylation is 1. The maximum atomic E-state index is 7.35. The molecule has 1 aromatic carbocycles. The summed E-state index contributed by atoms with van der Waals surface area (Å²) in [5.41, 5.74) is 7.16.